The van der Waals surface area contributed by atoms with Gasteiger partial charge in [-0.05, 0) is 42.2 Å². The fourth-order valence-electron chi connectivity index (χ4n) is 4.92. The fraction of sp³-hybridized carbons (Fsp3) is 0.321. The third kappa shape index (κ3) is 4.46. The number of carbonyl (C=O) groups is 2. The zero-order valence-electron chi connectivity index (χ0n) is 20.3. The summed E-state index contributed by atoms with van der Waals surface area (Å²) in [4.78, 5) is 42.7. The van der Waals surface area contributed by atoms with Gasteiger partial charge in [-0.25, -0.2) is 9.59 Å². The van der Waals surface area contributed by atoms with Gasteiger partial charge in [-0.1, -0.05) is 31.5 Å². The van der Waals surface area contributed by atoms with Crippen molar-refractivity contribution in [2.45, 2.75) is 45.2 Å². The Morgan fingerprint density at radius 2 is 1.97 bits per heavy atom. The van der Waals surface area contributed by atoms with Gasteiger partial charge in [0.05, 0.1) is 13.7 Å². The van der Waals surface area contributed by atoms with Gasteiger partial charge in [0.1, 0.15) is 17.4 Å². The SMILES string of the molecule is CCCCc1cc(=O)oc2cc(OCC(=O)N3Cc4[nH]c5ccccc5c4C[C@H]3C(=O)OC)ccc12. The van der Waals surface area contributed by atoms with E-state index in [1.807, 2.05) is 30.3 Å². The highest BCUT2D eigenvalue weighted by Gasteiger charge is 2.37. The first kappa shape index (κ1) is 23.7. The van der Waals surface area contributed by atoms with Crippen LogP contribution in [0.5, 0.6) is 5.75 Å². The van der Waals surface area contributed by atoms with Gasteiger partial charge in [-0.2, -0.15) is 0 Å². The van der Waals surface area contributed by atoms with Gasteiger partial charge in [-0.3, -0.25) is 4.79 Å². The number of hydrogen-bond donors (Lipinski definition) is 1. The van der Waals surface area contributed by atoms with Crippen LogP contribution in [-0.4, -0.2) is 41.5 Å². The lowest BCUT2D eigenvalue weighted by atomic mass is 9.96. The number of amides is 1. The highest BCUT2D eigenvalue weighted by molar-refractivity contribution is 5.90. The first-order valence-electron chi connectivity index (χ1n) is 12.1. The van der Waals surface area contributed by atoms with Crippen molar-refractivity contribution < 1.29 is 23.5 Å². The molecular weight excluding hydrogens is 460 g/mol. The summed E-state index contributed by atoms with van der Waals surface area (Å²) in [5, 5.41) is 1.90. The van der Waals surface area contributed by atoms with Crippen LogP contribution in [0.25, 0.3) is 21.9 Å². The molecule has 8 heteroatoms. The maximum Gasteiger partial charge on any atom is 0.336 e. The van der Waals surface area contributed by atoms with E-state index in [0.717, 1.165) is 52.4 Å². The van der Waals surface area contributed by atoms with Crippen LogP contribution in [0.15, 0.2) is 57.7 Å². The van der Waals surface area contributed by atoms with E-state index in [2.05, 4.69) is 11.9 Å². The second kappa shape index (κ2) is 9.89. The van der Waals surface area contributed by atoms with Crippen LogP contribution in [-0.2, 0) is 33.7 Å². The number of nitrogens with one attached hydrogen (secondary N) is 1. The number of hydrogen-bond acceptors (Lipinski definition) is 6. The molecule has 2 aromatic carbocycles. The Hall–Kier alpha value is -4.07. The lowest BCUT2D eigenvalue weighted by molar-refractivity contribution is -0.154. The van der Waals surface area contributed by atoms with Crippen molar-refractivity contribution >= 4 is 33.7 Å². The molecule has 1 amide bonds. The Bertz CT molecular complexity index is 1500. The minimum atomic E-state index is -0.742. The normalized spacial score (nSPS) is 15.2. The highest BCUT2D eigenvalue weighted by atomic mass is 16.5. The van der Waals surface area contributed by atoms with Crippen molar-refractivity contribution in [1.29, 1.82) is 0 Å². The molecule has 2 aromatic heterocycles. The van der Waals surface area contributed by atoms with Gasteiger partial charge in [0, 0.05) is 40.5 Å². The average Bonchev–Trinajstić information content (AvgIpc) is 3.26. The van der Waals surface area contributed by atoms with Crippen LogP contribution in [0.4, 0.5) is 0 Å². The molecule has 1 aliphatic heterocycles. The summed E-state index contributed by atoms with van der Waals surface area (Å²) >= 11 is 0. The van der Waals surface area contributed by atoms with Crippen LogP contribution in [0.2, 0.25) is 0 Å². The summed E-state index contributed by atoms with van der Waals surface area (Å²) in [6, 6.07) is 13.9. The van der Waals surface area contributed by atoms with E-state index in [1.165, 1.54) is 18.1 Å². The number of ether oxygens (including phenoxy) is 2. The molecule has 1 atom stereocenters. The number of methoxy groups -OCH3 is 1. The maximum absolute atomic E-state index is 13.2. The molecule has 36 heavy (non-hydrogen) atoms. The predicted octanol–water partition coefficient (Wildman–Crippen LogP) is 4.12. The summed E-state index contributed by atoms with van der Waals surface area (Å²) in [6.45, 7) is 2.08. The molecule has 4 aromatic rings. The first-order valence-corrected chi connectivity index (χ1v) is 12.1. The highest BCUT2D eigenvalue weighted by Crippen LogP contribution is 2.31. The van der Waals surface area contributed by atoms with Crippen molar-refractivity contribution in [2.24, 2.45) is 0 Å². The van der Waals surface area contributed by atoms with E-state index >= 15 is 0 Å². The molecule has 0 saturated heterocycles. The predicted molar refractivity (Wildman–Crippen MR) is 135 cm³/mol. The standard InChI is InChI=1S/C28H28N2O6/c1-3-4-7-17-12-27(32)36-25-13-18(10-11-19(17)25)35-16-26(31)30-15-23-21(14-24(30)28(33)34-2)20-8-5-6-9-22(20)29-23/h5-6,8-13,24,29H,3-4,7,14-16H2,1-2H3/t24-/m0/s1. The summed E-state index contributed by atoms with van der Waals surface area (Å²) in [7, 11) is 1.32. The number of rotatable bonds is 7. The zero-order chi connectivity index (χ0) is 25.2. The Balaban J connectivity index is 1.36. The molecule has 0 radical (unpaired) electrons. The molecule has 8 nitrogen and oxygen atoms in total. The number of esters is 1. The molecule has 1 aliphatic rings. The Kier molecular flexibility index (Phi) is 6.50. The van der Waals surface area contributed by atoms with Crippen molar-refractivity contribution in [3.8, 4) is 5.75 Å². The number of para-hydroxylation sites is 1. The monoisotopic (exact) mass is 488 g/mol. The number of fused-ring (bicyclic) bond motifs is 4. The summed E-state index contributed by atoms with van der Waals surface area (Å²) in [6.07, 6.45) is 3.14. The topological polar surface area (TPSA) is 102 Å². The van der Waals surface area contributed by atoms with Crippen molar-refractivity contribution in [3.63, 3.8) is 0 Å². The van der Waals surface area contributed by atoms with Gasteiger partial charge >= 0.3 is 11.6 Å². The van der Waals surface area contributed by atoms with E-state index in [0.29, 0.717) is 17.8 Å². The summed E-state index contributed by atoms with van der Waals surface area (Å²) in [5.74, 6) is -0.399. The van der Waals surface area contributed by atoms with Crippen LogP contribution >= 0.6 is 0 Å². The molecule has 186 valence electrons. The molecule has 0 spiro atoms. The number of aryl methyl sites for hydroxylation is 1. The second-order valence-corrected chi connectivity index (χ2v) is 9.03. The van der Waals surface area contributed by atoms with Crippen LogP contribution in [0, 0.1) is 0 Å². The Morgan fingerprint density at radius 3 is 2.78 bits per heavy atom. The lowest BCUT2D eigenvalue weighted by Crippen LogP contribution is -2.50. The number of aromatic amines is 1. The zero-order valence-corrected chi connectivity index (χ0v) is 20.3. The molecule has 5 rings (SSSR count). The number of benzene rings is 2. The molecule has 0 aliphatic carbocycles. The van der Waals surface area contributed by atoms with E-state index in [-0.39, 0.29) is 19.1 Å². The maximum atomic E-state index is 13.2. The van der Waals surface area contributed by atoms with Crippen molar-refractivity contribution in [3.05, 3.63) is 75.8 Å². The van der Waals surface area contributed by atoms with E-state index < -0.39 is 17.6 Å². The lowest BCUT2D eigenvalue weighted by Gasteiger charge is -2.33. The number of aromatic nitrogens is 1. The number of unbranched alkanes of at least 4 members (excludes halogenated alkanes) is 1. The van der Waals surface area contributed by atoms with Crippen LogP contribution < -0.4 is 10.4 Å². The van der Waals surface area contributed by atoms with E-state index in [9.17, 15) is 14.4 Å². The largest absolute Gasteiger partial charge is 0.484 e. The van der Waals surface area contributed by atoms with Gasteiger partial charge in [-0.15, -0.1) is 0 Å². The fourth-order valence-corrected chi connectivity index (χ4v) is 4.92. The number of carbonyl (C=O) groups excluding carboxylic acids is 2. The minimum Gasteiger partial charge on any atom is -0.484 e. The van der Waals surface area contributed by atoms with Crippen molar-refractivity contribution in [2.75, 3.05) is 13.7 Å². The smallest absolute Gasteiger partial charge is 0.336 e. The third-order valence-electron chi connectivity index (χ3n) is 6.76. The molecule has 1 N–H and O–H groups in total. The third-order valence-corrected chi connectivity index (χ3v) is 6.76. The number of nitrogens with zero attached hydrogens (tertiary/aromatic N) is 1. The molecule has 0 saturated carbocycles. The second-order valence-electron chi connectivity index (χ2n) is 9.03. The summed E-state index contributed by atoms with van der Waals surface area (Å²) < 4.78 is 16.2. The average molecular weight is 489 g/mol. The van der Waals surface area contributed by atoms with Crippen LogP contribution in [0.3, 0.4) is 0 Å². The van der Waals surface area contributed by atoms with E-state index in [1.54, 1.807) is 12.1 Å². The van der Waals surface area contributed by atoms with Crippen molar-refractivity contribution in [1.82, 2.24) is 9.88 Å². The van der Waals surface area contributed by atoms with Crippen LogP contribution in [0.1, 0.15) is 36.6 Å². The molecule has 0 fully saturated rings. The molecule has 0 bridgehead atoms. The summed E-state index contributed by atoms with van der Waals surface area (Å²) in [5.41, 5.74) is 3.84. The van der Waals surface area contributed by atoms with E-state index in [4.69, 9.17) is 13.9 Å². The Labute approximate surface area is 207 Å². The molecule has 0 unspecified atom stereocenters. The number of H-pyrrole nitrogens is 1. The van der Waals surface area contributed by atoms with Gasteiger partial charge in [0.15, 0.2) is 6.61 Å². The minimum absolute atomic E-state index is 0.249. The van der Waals surface area contributed by atoms with Gasteiger partial charge < -0.3 is 23.8 Å². The quantitative estimate of drug-likeness (QED) is 0.310. The first-order chi connectivity index (χ1) is 17.5. The van der Waals surface area contributed by atoms with Gasteiger partial charge in [0.25, 0.3) is 5.91 Å². The Morgan fingerprint density at radius 1 is 1.14 bits per heavy atom. The van der Waals surface area contributed by atoms with Gasteiger partial charge in [0.2, 0.25) is 0 Å². The molecule has 3 heterocycles. The molecular formula is C28H28N2O6.